The first-order chi connectivity index (χ1) is 18.0. The minimum atomic E-state index is -0.410. The molecule has 0 bridgehead atoms. The van der Waals surface area contributed by atoms with Crippen LogP contribution in [0.4, 0.5) is 5.69 Å². The Kier molecular flexibility index (Phi) is 6.88. The standard InChI is InChI=1S/C25H18ClN7O3S/c26-22-7-6-21(37-22)25(36)28-14-17-15-33(31-30-17)20-5-4-18(32-12-2-1-3-23(32)34)13-19(20)24(35)29-16-8-10-27-11-9-16/h1-13,15H,14H2,(H,28,36)(H,27,29,35). The fourth-order valence-corrected chi connectivity index (χ4v) is 4.48. The fourth-order valence-electron chi connectivity index (χ4n) is 3.52. The van der Waals surface area contributed by atoms with Crippen molar-refractivity contribution in [3.8, 4) is 11.4 Å². The maximum atomic E-state index is 13.3. The molecule has 12 heteroatoms. The Morgan fingerprint density at radius 1 is 1.00 bits per heavy atom. The van der Waals surface area contributed by atoms with E-state index in [1.54, 1.807) is 79.4 Å². The Morgan fingerprint density at radius 3 is 2.59 bits per heavy atom. The lowest BCUT2D eigenvalue weighted by atomic mass is 10.1. The van der Waals surface area contributed by atoms with Gasteiger partial charge in [0, 0.05) is 36.0 Å². The minimum absolute atomic E-state index is 0.129. The summed E-state index contributed by atoms with van der Waals surface area (Å²) in [6.07, 6.45) is 6.38. The molecule has 184 valence electrons. The van der Waals surface area contributed by atoms with E-state index in [9.17, 15) is 14.4 Å². The number of halogens is 1. The minimum Gasteiger partial charge on any atom is -0.346 e. The summed E-state index contributed by atoms with van der Waals surface area (Å²) in [7, 11) is 0. The second-order valence-electron chi connectivity index (χ2n) is 7.74. The monoisotopic (exact) mass is 531 g/mol. The van der Waals surface area contributed by atoms with Gasteiger partial charge in [-0.3, -0.25) is 23.9 Å². The van der Waals surface area contributed by atoms with Crippen molar-refractivity contribution in [3.63, 3.8) is 0 Å². The molecule has 0 saturated heterocycles. The SMILES string of the molecule is O=C(NCc1cn(-c2ccc(-n3ccccc3=O)cc2C(=O)Nc2ccncc2)nn1)c1ccc(Cl)s1. The summed E-state index contributed by atoms with van der Waals surface area (Å²) in [5.41, 5.74) is 2.02. The van der Waals surface area contributed by atoms with Gasteiger partial charge in [0.2, 0.25) is 0 Å². The lowest BCUT2D eigenvalue weighted by molar-refractivity contribution is 0.0953. The van der Waals surface area contributed by atoms with Crippen LogP contribution in [0.5, 0.6) is 0 Å². The van der Waals surface area contributed by atoms with Crippen molar-refractivity contribution in [2.45, 2.75) is 6.54 Å². The number of anilines is 1. The Hall–Kier alpha value is -4.61. The number of hydrogen-bond acceptors (Lipinski definition) is 7. The maximum absolute atomic E-state index is 13.3. The average molecular weight is 532 g/mol. The van der Waals surface area contributed by atoms with Crippen LogP contribution in [-0.4, -0.2) is 36.4 Å². The highest BCUT2D eigenvalue weighted by atomic mass is 35.5. The summed E-state index contributed by atoms with van der Waals surface area (Å²) >= 11 is 7.08. The highest BCUT2D eigenvalue weighted by Crippen LogP contribution is 2.22. The number of amides is 2. The van der Waals surface area contributed by atoms with Crippen molar-refractivity contribution in [3.05, 3.63) is 116 Å². The van der Waals surface area contributed by atoms with Crippen LogP contribution in [0, 0.1) is 0 Å². The third-order valence-electron chi connectivity index (χ3n) is 5.28. The lowest BCUT2D eigenvalue weighted by Crippen LogP contribution is -2.22. The van der Waals surface area contributed by atoms with Crippen LogP contribution in [0.3, 0.4) is 0 Å². The molecule has 2 amide bonds. The van der Waals surface area contributed by atoms with E-state index in [0.717, 1.165) is 0 Å². The number of carbonyl (C=O) groups excluding carboxylic acids is 2. The predicted molar refractivity (Wildman–Crippen MR) is 140 cm³/mol. The number of aromatic nitrogens is 5. The van der Waals surface area contributed by atoms with Gasteiger partial charge in [0.25, 0.3) is 17.4 Å². The molecule has 0 spiro atoms. The number of benzene rings is 1. The van der Waals surface area contributed by atoms with Crippen molar-refractivity contribution in [1.29, 1.82) is 0 Å². The summed E-state index contributed by atoms with van der Waals surface area (Å²) in [5.74, 6) is -0.687. The summed E-state index contributed by atoms with van der Waals surface area (Å²) in [6, 6.07) is 16.4. The second kappa shape index (κ2) is 10.6. The molecule has 0 radical (unpaired) electrons. The first-order valence-corrected chi connectivity index (χ1v) is 12.2. The molecule has 0 saturated carbocycles. The number of pyridine rings is 2. The highest BCUT2D eigenvalue weighted by Gasteiger charge is 2.17. The molecular formula is C25H18ClN7O3S. The number of carbonyl (C=O) groups is 2. The quantitative estimate of drug-likeness (QED) is 0.330. The first kappa shape index (κ1) is 24.1. The maximum Gasteiger partial charge on any atom is 0.261 e. The molecule has 5 rings (SSSR count). The number of thiophene rings is 1. The normalized spacial score (nSPS) is 10.7. The van der Waals surface area contributed by atoms with Gasteiger partial charge in [0.05, 0.1) is 33.2 Å². The fraction of sp³-hybridized carbons (Fsp3) is 0.0400. The van der Waals surface area contributed by atoms with E-state index < -0.39 is 5.91 Å². The van der Waals surface area contributed by atoms with Gasteiger partial charge in [-0.25, -0.2) is 4.68 Å². The van der Waals surface area contributed by atoms with Gasteiger partial charge in [-0.05, 0) is 48.5 Å². The smallest absolute Gasteiger partial charge is 0.261 e. The topological polar surface area (TPSA) is 124 Å². The van der Waals surface area contributed by atoms with Crippen LogP contribution in [0.15, 0.2) is 90.2 Å². The zero-order valence-corrected chi connectivity index (χ0v) is 20.6. The first-order valence-electron chi connectivity index (χ1n) is 11.0. The third kappa shape index (κ3) is 5.47. The second-order valence-corrected chi connectivity index (χ2v) is 9.46. The third-order valence-corrected chi connectivity index (χ3v) is 6.51. The van der Waals surface area contributed by atoms with Crippen molar-refractivity contribution in [2.75, 3.05) is 5.32 Å². The van der Waals surface area contributed by atoms with Crippen molar-refractivity contribution >= 4 is 40.4 Å². The molecule has 0 fully saturated rings. The van der Waals surface area contributed by atoms with Crippen molar-refractivity contribution in [1.82, 2.24) is 29.9 Å². The zero-order valence-electron chi connectivity index (χ0n) is 19.0. The van der Waals surface area contributed by atoms with E-state index in [0.29, 0.717) is 32.0 Å². The van der Waals surface area contributed by atoms with Crippen LogP contribution in [-0.2, 0) is 6.54 Å². The molecule has 0 atom stereocenters. The van der Waals surface area contributed by atoms with Crippen molar-refractivity contribution < 1.29 is 9.59 Å². The van der Waals surface area contributed by atoms with Crippen LogP contribution in [0.25, 0.3) is 11.4 Å². The number of rotatable bonds is 7. The highest BCUT2D eigenvalue weighted by molar-refractivity contribution is 7.18. The largest absolute Gasteiger partial charge is 0.346 e. The van der Waals surface area contributed by atoms with Gasteiger partial charge in [-0.1, -0.05) is 22.9 Å². The molecule has 4 aromatic heterocycles. The number of nitrogens with one attached hydrogen (secondary N) is 2. The molecule has 10 nitrogen and oxygen atoms in total. The van der Waals surface area contributed by atoms with Crippen LogP contribution < -0.4 is 16.2 Å². The van der Waals surface area contributed by atoms with E-state index in [-0.39, 0.29) is 23.6 Å². The molecule has 4 heterocycles. The van der Waals surface area contributed by atoms with Gasteiger partial charge in [0.1, 0.15) is 5.69 Å². The summed E-state index contributed by atoms with van der Waals surface area (Å²) < 4.78 is 3.41. The van der Waals surface area contributed by atoms with E-state index >= 15 is 0 Å². The molecule has 0 unspecified atom stereocenters. The van der Waals surface area contributed by atoms with Gasteiger partial charge < -0.3 is 10.6 Å². The lowest BCUT2D eigenvalue weighted by Gasteiger charge is -2.13. The van der Waals surface area contributed by atoms with Gasteiger partial charge in [0.15, 0.2) is 0 Å². The zero-order chi connectivity index (χ0) is 25.8. The Bertz CT molecular complexity index is 1650. The van der Waals surface area contributed by atoms with Gasteiger partial charge in [-0.15, -0.1) is 16.4 Å². The molecular weight excluding hydrogens is 514 g/mol. The Labute approximate surface area is 219 Å². The van der Waals surface area contributed by atoms with E-state index in [1.807, 2.05) is 0 Å². The molecule has 0 aliphatic rings. The predicted octanol–water partition coefficient (Wildman–Crippen LogP) is 3.71. The van der Waals surface area contributed by atoms with Crippen molar-refractivity contribution in [2.24, 2.45) is 0 Å². The molecule has 1 aromatic carbocycles. The molecule has 0 aliphatic carbocycles. The van der Waals surface area contributed by atoms with Gasteiger partial charge in [-0.2, -0.15) is 0 Å². The summed E-state index contributed by atoms with van der Waals surface area (Å²) in [4.78, 5) is 42.4. The van der Waals surface area contributed by atoms with Gasteiger partial charge >= 0.3 is 0 Å². The van der Waals surface area contributed by atoms with Crippen LogP contribution in [0.2, 0.25) is 4.34 Å². The molecule has 2 N–H and O–H groups in total. The Balaban J connectivity index is 1.45. The number of hydrogen-bond donors (Lipinski definition) is 2. The van der Waals surface area contributed by atoms with E-state index in [4.69, 9.17) is 11.6 Å². The number of nitrogens with zero attached hydrogens (tertiary/aromatic N) is 5. The van der Waals surface area contributed by atoms with Crippen LogP contribution >= 0.6 is 22.9 Å². The Morgan fingerprint density at radius 2 is 1.84 bits per heavy atom. The van der Waals surface area contributed by atoms with E-state index in [1.165, 1.54) is 26.7 Å². The summed E-state index contributed by atoms with van der Waals surface area (Å²) in [6.45, 7) is 0.129. The molecule has 0 aliphatic heterocycles. The van der Waals surface area contributed by atoms with E-state index in [2.05, 4.69) is 25.9 Å². The molecule has 37 heavy (non-hydrogen) atoms. The average Bonchev–Trinajstić information content (AvgIpc) is 3.57. The summed E-state index contributed by atoms with van der Waals surface area (Å²) in [5, 5.41) is 13.9. The van der Waals surface area contributed by atoms with Crippen LogP contribution in [0.1, 0.15) is 25.7 Å². The molecule has 5 aromatic rings.